The van der Waals surface area contributed by atoms with Crippen LogP contribution in [0.4, 0.5) is 0 Å². The van der Waals surface area contributed by atoms with Gasteiger partial charge < -0.3 is 35.2 Å². The van der Waals surface area contributed by atoms with Crippen LogP contribution in [-0.2, 0) is 21.7 Å². The maximum atomic E-state index is 9.04. The number of halogens is 2. The van der Waals surface area contributed by atoms with E-state index in [9.17, 15) is 0 Å². The van der Waals surface area contributed by atoms with Gasteiger partial charge in [0.15, 0.2) is 0 Å². The molecule has 2 rings (SSSR count). The van der Waals surface area contributed by atoms with Crippen LogP contribution in [0.15, 0.2) is 35.5 Å². The smallest absolute Gasteiger partial charge is 1.00 e. The van der Waals surface area contributed by atoms with Crippen LogP contribution in [-0.4, -0.2) is 17.3 Å². The average molecular weight is 389 g/mol. The maximum Gasteiger partial charge on any atom is 3.00 e. The Labute approximate surface area is 167 Å². The second-order valence-corrected chi connectivity index (χ2v) is 6.40. The Kier molecular flexibility index (Phi) is 11.5. The molecule has 1 aliphatic carbocycles. The number of fused-ring (bicyclic) bond motifs is 1. The largest absolute Gasteiger partial charge is 3.00 e. The molecule has 5 heteroatoms. The summed E-state index contributed by atoms with van der Waals surface area (Å²) in [5.41, 5.74) is 6.04. The topological polar surface area (TPSA) is 32.3 Å². The van der Waals surface area contributed by atoms with Crippen molar-refractivity contribution in [2.24, 2.45) is 0 Å². The molecule has 1 aromatic rings. The van der Waals surface area contributed by atoms with Crippen molar-refractivity contribution in [3.63, 3.8) is 0 Å². The molecule has 0 unspecified atom stereocenters. The summed E-state index contributed by atoms with van der Waals surface area (Å²) in [6.45, 7) is 8.86. The minimum absolute atomic E-state index is 0. The number of hydrogen-bond donors (Lipinski definition) is 2. The third kappa shape index (κ3) is 6.64. The zero-order valence-corrected chi connectivity index (χ0v) is 17.2. The summed E-state index contributed by atoms with van der Waals surface area (Å²) in [5, 5.41) is 12.6. The maximum absolute atomic E-state index is 9.04. The molecule has 0 saturated carbocycles. The molecule has 0 atom stereocenters. The van der Waals surface area contributed by atoms with E-state index in [0.717, 1.165) is 24.1 Å². The van der Waals surface area contributed by atoms with E-state index in [1.165, 1.54) is 16.7 Å². The Balaban J connectivity index is 0. The second kappa shape index (κ2) is 10.6. The number of hydrogen-bond acceptors (Lipinski definition) is 2. The minimum atomic E-state index is 0. The molecular weight excluding hydrogens is 365 g/mol. The monoisotopic (exact) mass is 388 g/mol. The summed E-state index contributed by atoms with van der Waals surface area (Å²) >= 11 is 0. The first-order valence-electron chi connectivity index (χ1n) is 7.25. The Morgan fingerprint density at radius 2 is 1.78 bits per heavy atom. The predicted octanol–water partition coefficient (Wildman–Crippen LogP) is -2.33. The fourth-order valence-corrected chi connectivity index (χ4v) is 2.52. The first-order valence-corrected chi connectivity index (χ1v) is 7.25. The van der Waals surface area contributed by atoms with Crippen LogP contribution in [0.1, 0.15) is 51.7 Å². The van der Waals surface area contributed by atoms with E-state index in [2.05, 4.69) is 57.3 Å². The van der Waals surface area contributed by atoms with E-state index >= 15 is 0 Å². The van der Waals surface area contributed by atoms with Crippen molar-refractivity contribution in [2.75, 3.05) is 6.61 Å². The zero-order chi connectivity index (χ0) is 14.8. The Bertz CT molecular complexity index is 562. The van der Waals surface area contributed by atoms with Gasteiger partial charge >= 0.3 is 21.7 Å². The number of benzene rings is 1. The minimum Gasteiger partial charge on any atom is -1.00 e. The van der Waals surface area contributed by atoms with E-state index in [1.54, 1.807) is 0 Å². The summed E-state index contributed by atoms with van der Waals surface area (Å²) in [5.74, 6) is 0. The van der Waals surface area contributed by atoms with Gasteiger partial charge in [0.05, 0.1) is 0 Å². The third-order valence-electron chi connectivity index (χ3n) is 3.34. The van der Waals surface area contributed by atoms with Crippen LogP contribution in [0.25, 0.3) is 5.57 Å². The van der Waals surface area contributed by atoms with E-state index in [4.69, 9.17) is 5.11 Å². The van der Waals surface area contributed by atoms with Gasteiger partial charge in [0.2, 0.25) is 0 Å². The van der Waals surface area contributed by atoms with E-state index in [0.29, 0.717) is 0 Å². The van der Waals surface area contributed by atoms with E-state index in [-0.39, 0.29) is 58.7 Å². The van der Waals surface area contributed by atoms with Gasteiger partial charge in [0.25, 0.3) is 0 Å². The molecule has 1 aliphatic rings. The van der Waals surface area contributed by atoms with Crippen molar-refractivity contribution in [1.82, 2.24) is 5.32 Å². The van der Waals surface area contributed by atoms with Crippen LogP contribution >= 0.6 is 0 Å². The Hall–Kier alpha value is -0.246. The van der Waals surface area contributed by atoms with Crippen LogP contribution in [0.3, 0.4) is 0 Å². The van der Waals surface area contributed by atoms with Crippen molar-refractivity contribution in [3.05, 3.63) is 52.7 Å². The Morgan fingerprint density at radius 1 is 1.17 bits per heavy atom. The molecule has 0 amide bonds. The molecule has 0 bridgehead atoms. The summed E-state index contributed by atoms with van der Waals surface area (Å²) in [6.07, 6.45) is 5.20. The number of allylic oxidation sites excluding steroid dienone is 2. The Morgan fingerprint density at radius 3 is 2.35 bits per heavy atom. The van der Waals surface area contributed by atoms with Crippen molar-refractivity contribution in [3.8, 4) is 0 Å². The van der Waals surface area contributed by atoms with Crippen molar-refractivity contribution < 1.29 is 51.6 Å². The quantitative estimate of drug-likeness (QED) is 0.448. The molecule has 2 N–H and O–H groups in total. The van der Waals surface area contributed by atoms with Gasteiger partial charge in [-0.1, -0.05) is 18.7 Å². The summed E-state index contributed by atoms with van der Waals surface area (Å²) in [7, 11) is 0. The molecule has 0 fully saturated rings. The average Bonchev–Trinajstić information content (AvgIpc) is 2.71. The number of aliphatic hydroxyl groups is 1. The molecule has 0 aromatic heterocycles. The van der Waals surface area contributed by atoms with Crippen LogP contribution in [0.5, 0.6) is 0 Å². The van der Waals surface area contributed by atoms with E-state index in [1.807, 2.05) is 6.07 Å². The van der Waals surface area contributed by atoms with Crippen molar-refractivity contribution in [1.29, 1.82) is 0 Å². The molecule has 2 nitrogen and oxygen atoms in total. The number of nitrogens with one attached hydrogen (secondary N) is 1. The summed E-state index contributed by atoms with van der Waals surface area (Å²) in [6, 6.07) is 8.37. The van der Waals surface area contributed by atoms with Gasteiger partial charge in [-0.3, -0.25) is 0 Å². The van der Waals surface area contributed by atoms with Gasteiger partial charge in [-0.2, -0.15) is 0 Å². The van der Waals surface area contributed by atoms with Crippen molar-refractivity contribution in [2.45, 2.75) is 46.1 Å². The number of aliphatic hydroxyl groups excluding tert-OH is 1. The van der Waals surface area contributed by atoms with Gasteiger partial charge in [0.1, 0.15) is 0 Å². The molecule has 125 valence electrons. The molecular formula is C18H24Cl2NOTi. The van der Waals surface area contributed by atoms with Gasteiger partial charge in [-0.15, -0.1) is 46.5 Å². The first-order chi connectivity index (χ1) is 9.42. The van der Waals surface area contributed by atoms with Gasteiger partial charge in [-0.05, 0) is 33.6 Å². The predicted molar refractivity (Wildman–Crippen MR) is 84.1 cm³/mol. The molecule has 0 saturated heterocycles. The van der Waals surface area contributed by atoms with Crippen LogP contribution in [0.2, 0.25) is 0 Å². The molecule has 1 radical (unpaired) electrons. The van der Waals surface area contributed by atoms with Crippen LogP contribution < -0.4 is 30.1 Å². The first kappa shape index (κ1) is 25.0. The fourth-order valence-electron chi connectivity index (χ4n) is 2.52. The standard InChI is InChI=1S/C18H24NO.2ClH.Ti/c1-13(8-7-11-20)17-15-10-6-5-9-14(15)12-16(17)19-18(2,3)4;;;/h5-6,9-10,19-20H,7-8,11H2,1-4H3;2*1H;/q-1;;;+3/p-2. The normalized spacial score (nSPS) is 14.6. The SMILES string of the molecule is CC(CCCO)=C1C(NC(C)(C)C)=[C-]c2ccccc21.[Cl-].[Cl-].[Ti+3]. The number of rotatable bonds is 4. The summed E-state index contributed by atoms with van der Waals surface area (Å²) < 4.78 is 0. The van der Waals surface area contributed by atoms with Gasteiger partial charge in [0, 0.05) is 12.1 Å². The molecule has 1 aromatic carbocycles. The third-order valence-corrected chi connectivity index (χ3v) is 3.34. The van der Waals surface area contributed by atoms with Crippen LogP contribution in [0, 0.1) is 6.08 Å². The summed E-state index contributed by atoms with van der Waals surface area (Å²) in [4.78, 5) is 0. The van der Waals surface area contributed by atoms with E-state index < -0.39 is 0 Å². The second-order valence-electron chi connectivity index (χ2n) is 6.40. The molecule has 0 spiro atoms. The molecule has 0 heterocycles. The van der Waals surface area contributed by atoms with Crippen molar-refractivity contribution >= 4 is 5.57 Å². The van der Waals surface area contributed by atoms with Gasteiger partial charge in [-0.25, -0.2) is 0 Å². The zero-order valence-electron chi connectivity index (χ0n) is 14.1. The fraction of sp³-hybridized carbons (Fsp3) is 0.444. The molecule has 23 heavy (non-hydrogen) atoms. The molecule has 0 aliphatic heterocycles.